The van der Waals surface area contributed by atoms with Gasteiger partial charge in [-0.05, 0) is 90.8 Å². The number of nitrogens with zero attached hydrogens (tertiary/aromatic N) is 1. The average Bonchev–Trinajstić information content (AvgIpc) is 2.96. The van der Waals surface area contributed by atoms with Gasteiger partial charge in [-0.2, -0.15) is 0 Å². The van der Waals surface area contributed by atoms with E-state index in [0.29, 0.717) is 0 Å². The summed E-state index contributed by atoms with van der Waals surface area (Å²) in [4.78, 5) is 4.39. The van der Waals surface area contributed by atoms with Crippen LogP contribution in [0.2, 0.25) is 0 Å². The van der Waals surface area contributed by atoms with Gasteiger partial charge >= 0.3 is 0 Å². The molecular weight excluding hydrogens is 446 g/mol. The molecule has 0 aliphatic heterocycles. The van der Waals surface area contributed by atoms with Gasteiger partial charge < -0.3 is 0 Å². The molecule has 0 radical (unpaired) electrons. The molecule has 1 heteroatoms. The maximum absolute atomic E-state index is 4.39. The molecule has 0 amide bonds. The summed E-state index contributed by atoms with van der Waals surface area (Å²) in [6.45, 7) is 2.15. The van der Waals surface area contributed by atoms with Crippen molar-refractivity contribution in [2.75, 3.05) is 0 Å². The van der Waals surface area contributed by atoms with Crippen LogP contribution in [-0.4, -0.2) is 4.98 Å². The van der Waals surface area contributed by atoms with E-state index in [1.807, 2.05) is 12.4 Å². The van der Waals surface area contributed by atoms with Gasteiger partial charge in [0.1, 0.15) is 0 Å². The highest BCUT2D eigenvalue weighted by atomic mass is 14.6. The number of fused-ring (bicyclic) bond motifs is 3. The van der Waals surface area contributed by atoms with Gasteiger partial charge in [-0.25, -0.2) is 0 Å². The number of benzene rings is 6. The standard InChI is InChI=1S/C36H25N/c1-24-19-20-37-23-34(24)27-11-8-12-28(22-27)35-30-13-4-6-15-32(30)36(33-16-7-5-14-31(33)35)29-18-17-25-9-2-3-10-26(25)21-29/h2-23H,1H3. The van der Waals surface area contributed by atoms with Gasteiger partial charge in [0.2, 0.25) is 0 Å². The smallest absolute Gasteiger partial charge is 0.0349 e. The molecule has 1 aromatic heterocycles. The van der Waals surface area contributed by atoms with Crippen LogP contribution in [0.1, 0.15) is 5.56 Å². The normalized spacial score (nSPS) is 11.4. The van der Waals surface area contributed by atoms with Crippen LogP contribution in [0.3, 0.4) is 0 Å². The minimum atomic E-state index is 1.17. The van der Waals surface area contributed by atoms with Gasteiger partial charge in [0.05, 0.1) is 0 Å². The Morgan fingerprint density at radius 2 is 1.03 bits per heavy atom. The summed E-state index contributed by atoms with van der Waals surface area (Å²) >= 11 is 0. The van der Waals surface area contributed by atoms with Crippen molar-refractivity contribution in [3.8, 4) is 33.4 Å². The number of aromatic nitrogens is 1. The van der Waals surface area contributed by atoms with Crippen LogP contribution in [-0.2, 0) is 0 Å². The summed E-state index contributed by atoms with van der Waals surface area (Å²) in [5.74, 6) is 0. The molecule has 0 saturated heterocycles. The van der Waals surface area contributed by atoms with Crippen molar-refractivity contribution in [2.24, 2.45) is 0 Å². The lowest BCUT2D eigenvalue weighted by molar-refractivity contribution is 1.29. The molecule has 0 saturated carbocycles. The van der Waals surface area contributed by atoms with Crippen LogP contribution in [0.25, 0.3) is 65.7 Å². The van der Waals surface area contributed by atoms with Gasteiger partial charge in [-0.15, -0.1) is 0 Å². The molecular formula is C36H25N. The quantitative estimate of drug-likeness (QED) is 0.234. The van der Waals surface area contributed by atoms with Gasteiger partial charge in [-0.1, -0.05) is 103 Å². The molecule has 7 aromatic rings. The highest BCUT2D eigenvalue weighted by Crippen LogP contribution is 2.44. The number of hydrogen-bond donors (Lipinski definition) is 0. The third-order valence-electron chi connectivity index (χ3n) is 7.47. The summed E-state index contributed by atoms with van der Waals surface area (Å²) in [5.41, 5.74) is 8.63. The summed E-state index contributed by atoms with van der Waals surface area (Å²) < 4.78 is 0. The second kappa shape index (κ2) is 8.72. The largest absolute Gasteiger partial charge is 0.264 e. The van der Waals surface area contributed by atoms with Crippen LogP contribution in [0, 0.1) is 6.92 Å². The highest BCUT2D eigenvalue weighted by molar-refractivity contribution is 6.21. The van der Waals surface area contributed by atoms with Crippen molar-refractivity contribution in [3.63, 3.8) is 0 Å². The molecule has 6 aromatic carbocycles. The Morgan fingerprint density at radius 3 is 1.68 bits per heavy atom. The zero-order valence-electron chi connectivity index (χ0n) is 20.6. The average molecular weight is 472 g/mol. The maximum atomic E-state index is 4.39. The van der Waals surface area contributed by atoms with Gasteiger partial charge in [0.25, 0.3) is 0 Å². The van der Waals surface area contributed by atoms with E-state index < -0.39 is 0 Å². The number of rotatable bonds is 3. The first-order valence-corrected chi connectivity index (χ1v) is 12.7. The van der Waals surface area contributed by atoms with Gasteiger partial charge in [0, 0.05) is 18.0 Å². The molecule has 0 atom stereocenters. The minimum absolute atomic E-state index is 1.17. The SMILES string of the molecule is Cc1ccncc1-c1cccc(-c2c3ccccc3c(-c3ccc4ccccc4c3)c3ccccc23)c1. The molecule has 174 valence electrons. The second-order valence-corrected chi connectivity index (χ2v) is 9.67. The second-order valence-electron chi connectivity index (χ2n) is 9.67. The van der Waals surface area contributed by atoms with Crippen LogP contribution in [0.5, 0.6) is 0 Å². The van der Waals surface area contributed by atoms with Crippen LogP contribution in [0.4, 0.5) is 0 Å². The predicted molar refractivity (Wildman–Crippen MR) is 158 cm³/mol. The highest BCUT2D eigenvalue weighted by Gasteiger charge is 2.17. The van der Waals surface area contributed by atoms with E-state index >= 15 is 0 Å². The van der Waals surface area contributed by atoms with E-state index in [4.69, 9.17) is 0 Å². The molecule has 0 aliphatic carbocycles. The van der Waals surface area contributed by atoms with Crippen LogP contribution in [0.15, 0.2) is 134 Å². The third kappa shape index (κ3) is 3.59. The third-order valence-corrected chi connectivity index (χ3v) is 7.47. The lowest BCUT2D eigenvalue weighted by Gasteiger charge is -2.18. The molecule has 37 heavy (non-hydrogen) atoms. The van der Waals surface area contributed by atoms with E-state index in [1.54, 1.807) is 0 Å². The van der Waals surface area contributed by atoms with Gasteiger partial charge in [0.15, 0.2) is 0 Å². The summed E-state index contributed by atoms with van der Waals surface area (Å²) in [7, 11) is 0. The molecule has 0 fully saturated rings. The van der Waals surface area contributed by atoms with Crippen molar-refractivity contribution >= 4 is 32.3 Å². The summed E-state index contributed by atoms with van der Waals surface area (Å²) in [6.07, 6.45) is 3.82. The molecule has 0 N–H and O–H groups in total. The Labute approximate surface area is 216 Å². The van der Waals surface area contributed by atoms with Gasteiger partial charge in [-0.3, -0.25) is 4.98 Å². The summed E-state index contributed by atoms with van der Waals surface area (Å²) in [6, 6.07) is 44.1. The molecule has 0 spiro atoms. The molecule has 7 rings (SSSR count). The zero-order valence-corrected chi connectivity index (χ0v) is 20.6. The number of aryl methyl sites for hydroxylation is 1. The molecule has 0 bridgehead atoms. The maximum Gasteiger partial charge on any atom is 0.0349 e. The van der Waals surface area contributed by atoms with Crippen molar-refractivity contribution in [1.82, 2.24) is 4.98 Å². The fourth-order valence-corrected chi connectivity index (χ4v) is 5.70. The van der Waals surface area contributed by atoms with E-state index in [-0.39, 0.29) is 0 Å². The lowest BCUT2D eigenvalue weighted by atomic mass is 9.85. The molecule has 0 unspecified atom stereocenters. The Balaban J connectivity index is 1.55. The minimum Gasteiger partial charge on any atom is -0.264 e. The first-order valence-electron chi connectivity index (χ1n) is 12.7. The van der Waals surface area contributed by atoms with E-state index in [0.717, 1.165) is 0 Å². The topological polar surface area (TPSA) is 12.9 Å². The number of pyridine rings is 1. The van der Waals surface area contributed by atoms with Crippen molar-refractivity contribution < 1.29 is 0 Å². The van der Waals surface area contributed by atoms with E-state index in [2.05, 4.69) is 133 Å². The fraction of sp³-hybridized carbons (Fsp3) is 0.0278. The van der Waals surface area contributed by atoms with Crippen LogP contribution >= 0.6 is 0 Å². The molecule has 0 aliphatic rings. The molecule has 1 heterocycles. The van der Waals surface area contributed by atoms with Crippen LogP contribution < -0.4 is 0 Å². The summed E-state index contributed by atoms with van der Waals surface area (Å²) in [5, 5.41) is 7.61. The van der Waals surface area contributed by atoms with E-state index in [1.165, 1.54) is 71.3 Å². The molecule has 1 nitrogen and oxygen atoms in total. The Hall–Kier alpha value is -4.75. The first-order chi connectivity index (χ1) is 18.3. The predicted octanol–water partition coefficient (Wildman–Crippen LogP) is 9.85. The fourth-order valence-electron chi connectivity index (χ4n) is 5.70. The number of hydrogen-bond acceptors (Lipinski definition) is 1. The van der Waals surface area contributed by atoms with Crippen molar-refractivity contribution in [1.29, 1.82) is 0 Å². The van der Waals surface area contributed by atoms with Crippen molar-refractivity contribution in [3.05, 3.63) is 139 Å². The Kier molecular flexibility index (Phi) is 5.08. The first kappa shape index (κ1) is 21.5. The Bertz CT molecular complexity index is 1890. The monoisotopic (exact) mass is 471 g/mol. The van der Waals surface area contributed by atoms with E-state index in [9.17, 15) is 0 Å². The van der Waals surface area contributed by atoms with Crippen molar-refractivity contribution in [2.45, 2.75) is 6.92 Å². The zero-order chi connectivity index (χ0) is 24.8. The Morgan fingerprint density at radius 1 is 0.459 bits per heavy atom. The lowest BCUT2D eigenvalue weighted by Crippen LogP contribution is -1.91.